The lowest BCUT2D eigenvalue weighted by Crippen LogP contribution is -2.44. The fourth-order valence-corrected chi connectivity index (χ4v) is 3.27. The van der Waals surface area contributed by atoms with Crippen molar-refractivity contribution in [1.29, 1.82) is 0 Å². The number of allylic oxidation sites excluding steroid dienone is 4. The molecule has 142 valence electrons. The summed E-state index contributed by atoms with van der Waals surface area (Å²) in [6.07, 6.45) is 4.57. The Labute approximate surface area is 152 Å². The van der Waals surface area contributed by atoms with Crippen LogP contribution in [0.3, 0.4) is 0 Å². The zero-order valence-corrected chi connectivity index (χ0v) is 15.2. The maximum Gasteiger partial charge on any atom is 0.414 e. The smallest absolute Gasteiger partial charge is 0.414 e. The van der Waals surface area contributed by atoms with Gasteiger partial charge in [-0.3, -0.25) is 9.69 Å². The number of halogens is 1. The summed E-state index contributed by atoms with van der Waals surface area (Å²) in [4.78, 5) is 28.8. The molecule has 2 saturated heterocycles. The van der Waals surface area contributed by atoms with Gasteiger partial charge in [-0.05, 0) is 19.2 Å². The Hall–Kier alpha value is -2.35. The molecule has 1 unspecified atom stereocenters. The van der Waals surface area contributed by atoms with Gasteiger partial charge in [0, 0.05) is 45.2 Å². The average molecular weight is 364 g/mol. The highest BCUT2D eigenvalue weighted by molar-refractivity contribution is 5.74. The second kappa shape index (κ2) is 7.90. The third-order valence-corrected chi connectivity index (χ3v) is 4.80. The molecule has 1 N–H and O–H groups in total. The Bertz CT molecular complexity index is 665. The van der Waals surface area contributed by atoms with Gasteiger partial charge < -0.3 is 19.9 Å². The predicted molar refractivity (Wildman–Crippen MR) is 94.7 cm³/mol. The number of nitrogens with zero attached hydrogens (tertiary/aromatic N) is 3. The molecule has 2 heterocycles. The minimum absolute atomic E-state index is 0.182. The maximum absolute atomic E-state index is 14.8. The number of amides is 2. The van der Waals surface area contributed by atoms with Crippen molar-refractivity contribution in [2.45, 2.75) is 19.4 Å². The molecular weight excluding hydrogens is 339 g/mol. The number of hydrogen-bond acceptors (Lipinski definition) is 5. The summed E-state index contributed by atoms with van der Waals surface area (Å²) >= 11 is 0. The fraction of sp³-hybridized carbons (Fsp3) is 0.556. The van der Waals surface area contributed by atoms with Crippen molar-refractivity contribution in [3.8, 4) is 0 Å². The molecule has 0 aromatic carbocycles. The van der Waals surface area contributed by atoms with Gasteiger partial charge in [0.05, 0.1) is 18.8 Å². The fourth-order valence-electron chi connectivity index (χ4n) is 3.27. The Balaban J connectivity index is 1.71. The molecule has 2 amide bonds. The van der Waals surface area contributed by atoms with Crippen LogP contribution in [0.25, 0.3) is 0 Å². The minimum atomic E-state index is -0.521. The van der Waals surface area contributed by atoms with E-state index in [1.54, 1.807) is 6.08 Å². The molecule has 0 saturated carbocycles. The lowest BCUT2D eigenvalue weighted by atomic mass is 10.2. The number of rotatable bonds is 4. The van der Waals surface area contributed by atoms with Crippen LogP contribution in [0.2, 0.25) is 0 Å². The normalized spacial score (nSPS) is 24.5. The molecule has 2 aliphatic heterocycles. The molecule has 0 aromatic rings. The molecule has 3 rings (SSSR count). The van der Waals surface area contributed by atoms with Crippen molar-refractivity contribution < 1.29 is 18.7 Å². The van der Waals surface area contributed by atoms with Crippen LogP contribution in [-0.4, -0.2) is 79.1 Å². The van der Waals surface area contributed by atoms with Crippen LogP contribution in [0, 0.1) is 0 Å². The number of nitrogens with one attached hydrogen (secondary N) is 1. The van der Waals surface area contributed by atoms with Crippen LogP contribution >= 0.6 is 0 Å². The number of cyclic esters (lactones) is 1. The van der Waals surface area contributed by atoms with Gasteiger partial charge in [0.15, 0.2) is 0 Å². The van der Waals surface area contributed by atoms with E-state index in [9.17, 15) is 14.0 Å². The van der Waals surface area contributed by atoms with Gasteiger partial charge in [-0.2, -0.15) is 0 Å². The zero-order valence-electron chi connectivity index (χ0n) is 15.2. The van der Waals surface area contributed by atoms with Crippen molar-refractivity contribution in [2.24, 2.45) is 0 Å². The van der Waals surface area contributed by atoms with Crippen molar-refractivity contribution in [2.75, 3.05) is 46.3 Å². The number of hydrogen-bond donors (Lipinski definition) is 1. The topological polar surface area (TPSA) is 65.1 Å². The van der Waals surface area contributed by atoms with E-state index in [1.807, 2.05) is 6.08 Å². The van der Waals surface area contributed by atoms with E-state index < -0.39 is 12.2 Å². The molecule has 7 nitrogen and oxygen atoms in total. The third kappa shape index (κ3) is 4.24. The van der Waals surface area contributed by atoms with E-state index in [4.69, 9.17) is 4.74 Å². The van der Waals surface area contributed by atoms with E-state index in [-0.39, 0.29) is 24.8 Å². The first kappa shape index (κ1) is 18.4. The van der Waals surface area contributed by atoms with Gasteiger partial charge >= 0.3 is 6.09 Å². The van der Waals surface area contributed by atoms with E-state index in [0.717, 1.165) is 26.2 Å². The predicted octanol–water partition coefficient (Wildman–Crippen LogP) is 1.22. The quantitative estimate of drug-likeness (QED) is 0.813. The number of carbonyl (C=O) groups is 2. The Kier molecular flexibility index (Phi) is 5.61. The third-order valence-electron chi connectivity index (χ3n) is 4.80. The standard InChI is InChI=1S/C18H25FN4O3/c1-13(24)20-11-15-12-23(18(25)26-15)14-4-3-5-17(16(19)10-14)22-8-6-21(2)7-9-22/h3-4,10,15H,5-9,11-12H2,1-2H3,(H,20,24). The monoisotopic (exact) mass is 364 g/mol. The van der Waals surface area contributed by atoms with Crippen molar-refractivity contribution in [3.63, 3.8) is 0 Å². The van der Waals surface area contributed by atoms with Crippen LogP contribution in [0.5, 0.6) is 0 Å². The second-order valence-electron chi connectivity index (χ2n) is 6.81. The summed E-state index contributed by atoms with van der Waals surface area (Å²) in [5.41, 5.74) is 1.13. The van der Waals surface area contributed by atoms with Crippen molar-refractivity contribution in [1.82, 2.24) is 20.0 Å². The molecule has 3 aliphatic rings. The number of ether oxygens (including phenoxy) is 1. The average Bonchev–Trinajstić information content (AvgIpc) is 2.86. The van der Waals surface area contributed by atoms with Gasteiger partial charge in [0.1, 0.15) is 11.9 Å². The summed E-state index contributed by atoms with van der Waals surface area (Å²) in [5, 5.41) is 2.63. The highest BCUT2D eigenvalue weighted by atomic mass is 19.1. The number of likely N-dealkylation sites (N-methyl/N-ethyl adjacent to an activating group) is 1. The first-order valence-corrected chi connectivity index (χ1v) is 8.87. The largest absolute Gasteiger partial charge is 0.442 e. The van der Waals surface area contributed by atoms with Crippen LogP contribution in [0.4, 0.5) is 9.18 Å². The molecule has 0 spiro atoms. The molecule has 8 heteroatoms. The summed E-state index contributed by atoms with van der Waals surface area (Å²) < 4.78 is 20.1. The summed E-state index contributed by atoms with van der Waals surface area (Å²) in [7, 11) is 2.06. The van der Waals surface area contributed by atoms with Gasteiger partial charge in [-0.1, -0.05) is 6.08 Å². The summed E-state index contributed by atoms with van der Waals surface area (Å²) in [5.74, 6) is -0.494. The number of carbonyl (C=O) groups excluding carboxylic acids is 2. The molecule has 0 radical (unpaired) electrons. The van der Waals surface area contributed by atoms with Crippen LogP contribution in [0.15, 0.2) is 35.4 Å². The Morgan fingerprint density at radius 3 is 2.77 bits per heavy atom. The van der Waals surface area contributed by atoms with Crippen molar-refractivity contribution >= 4 is 12.0 Å². The number of piperazine rings is 1. The van der Waals surface area contributed by atoms with Gasteiger partial charge in [0.25, 0.3) is 0 Å². The second-order valence-corrected chi connectivity index (χ2v) is 6.81. The Morgan fingerprint density at radius 1 is 1.35 bits per heavy atom. The molecule has 1 atom stereocenters. The lowest BCUT2D eigenvalue weighted by Gasteiger charge is -2.35. The van der Waals surface area contributed by atoms with Crippen LogP contribution in [0.1, 0.15) is 13.3 Å². The molecular formula is C18H25FN4O3. The first-order chi connectivity index (χ1) is 12.4. The van der Waals surface area contributed by atoms with Gasteiger partial charge in [0.2, 0.25) is 5.91 Å². The van der Waals surface area contributed by atoms with Crippen molar-refractivity contribution in [3.05, 3.63) is 35.4 Å². The van der Waals surface area contributed by atoms with E-state index in [1.165, 1.54) is 17.9 Å². The Morgan fingerprint density at radius 2 is 2.08 bits per heavy atom. The SMILES string of the molecule is CC(=O)NCC1CN(C2=CC(F)=C(N3CCN(C)CC3)CC=C2)C(=O)O1. The zero-order chi connectivity index (χ0) is 18.7. The first-order valence-electron chi connectivity index (χ1n) is 8.87. The van der Waals surface area contributed by atoms with Crippen LogP contribution < -0.4 is 5.32 Å². The summed E-state index contributed by atoms with van der Waals surface area (Å²) in [6.45, 7) is 5.33. The van der Waals surface area contributed by atoms with E-state index in [2.05, 4.69) is 22.2 Å². The minimum Gasteiger partial charge on any atom is -0.442 e. The summed E-state index contributed by atoms with van der Waals surface area (Å²) in [6, 6.07) is 0. The molecule has 0 bridgehead atoms. The molecule has 0 aromatic heterocycles. The van der Waals surface area contributed by atoms with Gasteiger partial charge in [-0.15, -0.1) is 0 Å². The maximum atomic E-state index is 14.8. The molecule has 1 aliphatic carbocycles. The lowest BCUT2D eigenvalue weighted by molar-refractivity contribution is -0.119. The van der Waals surface area contributed by atoms with Gasteiger partial charge in [-0.25, -0.2) is 9.18 Å². The highest BCUT2D eigenvalue weighted by Crippen LogP contribution is 2.27. The highest BCUT2D eigenvalue weighted by Gasteiger charge is 2.33. The molecule has 2 fully saturated rings. The van der Waals surface area contributed by atoms with E-state index in [0.29, 0.717) is 17.8 Å². The van der Waals surface area contributed by atoms with Crippen LogP contribution in [-0.2, 0) is 9.53 Å². The molecule has 26 heavy (non-hydrogen) atoms. The van der Waals surface area contributed by atoms with E-state index >= 15 is 0 Å².